The van der Waals surface area contributed by atoms with Gasteiger partial charge in [-0.05, 0) is 31.9 Å². The van der Waals surface area contributed by atoms with Crippen molar-refractivity contribution in [3.05, 3.63) is 94.6 Å². The van der Waals surface area contributed by atoms with E-state index in [4.69, 9.17) is 4.74 Å². The van der Waals surface area contributed by atoms with Gasteiger partial charge in [-0.3, -0.25) is 19.0 Å². The molecule has 2 aromatic carbocycles. The summed E-state index contributed by atoms with van der Waals surface area (Å²) in [4.78, 5) is 43.9. The summed E-state index contributed by atoms with van der Waals surface area (Å²) >= 11 is 0. The normalized spacial score (nSPS) is 13.6. The Labute approximate surface area is 179 Å². The molecule has 3 aromatic rings. The minimum atomic E-state index is -0.660. The summed E-state index contributed by atoms with van der Waals surface area (Å²) in [6, 6.07) is 18.3. The van der Waals surface area contributed by atoms with Crippen LogP contribution in [0, 0.1) is 5.92 Å². The Bertz CT molecular complexity index is 1190. The van der Waals surface area contributed by atoms with Gasteiger partial charge in [0.15, 0.2) is 5.78 Å². The largest absolute Gasteiger partial charge is 0.501 e. The number of aromatic nitrogens is 2. The maximum Gasteiger partial charge on any atom is 0.269 e. The fourth-order valence-electron chi connectivity index (χ4n) is 3.32. The van der Waals surface area contributed by atoms with Crippen molar-refractivity contribution in [2.45, 2.75) is 19.8 Å². The van der Waals surface area contributed by atoms with Crippen molar-refractivity contribution < 1.29 is 14.3 Å². The molecule has 1 saturated carbocycles. The van der Waals surface area contributed by atoms with E-state index in [1.807, 2.05) is 48.5 Å². The molecule has 0 spiro atoms. The Hall–Kier alpha value is -3.80. The summed E-state index contributed by atoms with van der Waals surface area (Å²) < 4.78 is 6.66. The van der Waals surface area contributed by atoms with Crippen molar-refractivity contribution in [3.8, 4) is 17.1 Å². The molecule has 1 aliphatic carbocycles. The molecule has 1 fully saturated rings. The third-order valence-corrected chi connectivity index (χ3v) is 5.08. The first-order valence-corrected chi connectivity index (χ1v) is 10.3. The van der Waals surface area contributed by atoms with E-state index in [0.717, 1.165) is 18.4 Å². The number of ether oxygens (including phenoxy) is 1. The van der Waals surface area contributed by atoms with Gasteiger partial charge < -0.3 is 4.74 Å². The molecule has 0 unspecified atom stereocenters. The molecule has 4 rings (SSSR count). The summed E-state index contributed by atoms with van der Waals surface area (Å²) in [5.41, 5.74) is 0.522. The number of hydrogen-bond donors (Lipinski definition) is 0. The molecule has 0 aliphatic heterocycles. The number of benzene rings is 2. The van der Waals surface area contributed by atoms with Crippen molar-refractivity contribution in [3.63, 3.8) is 0 Å². The second-order valence-corrected chi connectivity index (χ2v) is 7.29. The van der Waals surface area contributed by atoms with Gasteiger partial charge in [0, 0.05) is 17.7 Å². The van der Waals surface area contributed by atoms with Crippen molar-refractivity contribution in [2.75, 3.05) is 6.61 Å². The van der Waals surface area contributed by atoms with Crippen LogP contribution in [0.5, 0.6) is 0 Å². The van der Waals surface area contributed by atoms with Crippen LogP contribution in [-0.2, 0) is 9.53 Å². The molecule has 6 nitrogen and oxygen atoms in total. The Morgan fingerprint density at radius 1 is 1.06 bits per heavy atom. The van der Waals surface area contributed by atoms with Crippen LogP contribution >= 0.6 is 0 Å². The molecule has 0 atom stereocenters. The summed E-state index contributed by atoms with van der Waals surface area (Å²) in [6.07, 6.45) is 3.93. The van der Waals surface area contributed by atoms with Gasteiger partial charge in [-0.1, -0.05) is 48.5 Å². The third kappa shape index (κ3) is 4.23. The smallest absolute Gasteiger partial charge is 0.269 e. The highest BCUT2D eigenvalue weighted by Crippen LogP contribution is 2.33. The average Bonchev–Trinajstić information content (AvgIpc) is 3.65. The van der Waals surface area contributed by atoms with E-state index in [-0.39, 0.29) is 22.8 Å². The zero-order valence-corrected chi connectivity index (χ0v) is 17.2. The zero-order chi connectivity index (χ0) is 21.8. The zero-order valence-electron chi connectivity index (χ0n) is 17.2. The maximum absolute atomic E-state index is 13.5. The van der Waals surface area contributed by atoms with Gasteiger partial charge in [-0.25, -0.2) is 4.98 Å². The molecule has 0 radical (unpaired) electrons. The van der Waals surface area contributed by atoms with Crippen LogP contribution in [0.2, 0.25) is 0 Å². The van der Waals surface area contributed by atoms with Gasteiger partial charge in [0.1, 0.15) is 17.0 Å². The molecule has 0 amide bonds. The number of rotatable bonds is 8. The highest BCUT2D eigenvalue weighted by atomic mass is 16.5. The third-order valence-electron chi connectivity index (χ3n) is 5.08. The van der Waals surface area contributed by atoms with Crippen LogP contribution in [-0.4, -0.2) is 27.7 Å². The van der Waals surface area contributed by atoms with E-state index in [9.17, 15) is 14.4 Å². The molecule has 156 valence electrons. The van der Waals surface area contributed by atoms with Gasteiger partial charge in [0.2, 0.25) is 5.78 Å². The van der Waals surface area contributed by atoms with Crippen LogP contribution in [0.3, 0.4) is 0 Å². The summed E-state index contributed by atoms with van der Waals surface area (Å²) in [5, 5.41) is 0. The minimum absolute atomic E-state index is 0.102. The lowest BCUT2D eigenvalue weighted by Gasteiger charge is -2.14. The Morgan fingerprint density at radius 2 is 1.71 bits per heavy atom. The lowest BCUT2D eigenvalue weighted by molar-refractivity contribution is -0.116. The molecule has 0 bridgehead atoms. The van der Waals surface area contributed by atoms with Gasteiger partial charge in [0.05, 0.1) is 18.6 Å². The van der Waals surface area contributed by atoms with Crippen LogP contribution in [0.4, 0.5) is 0 Å². The van der Waals surface area contributed by atoms with Gasteiger partial charge in [-0.15, -0.1) is 0 Å². The molecule has 1 aromatic heterocycles. The lowest BCUT2D eigenvalue weighted by atomic mass is 10.00. The monoisotopic (exact) mass is 414 g/mol. The molecular formula is C25H22N2O4. The van der Waals surface area contributed by atoms with Crippen molar-refractivity contribution >= 4 is 11.6 Å². The number of hydrogen-bond acceptors (Lipinski definition) is 5. The predicted molar refractivity (Wildman–Crippen MR) is 117 cm³/mol. The average molecular weight is 414 g/mol. The number of carbonyl (C=O) groups excluding carboxylic acids is 2. The first-order chi connectivity index (χ1) is 15.1. The molecule has 1 aliphatic rings. The Kier molecular flexibility index (Phi) is 5.89. The van der Waals surface area contributed by atoms with Crippen molar-refractivity contribution in [1.29, 1.82) is 0 Å². The molecule has 0 N–H and O–H groups in total. The highest BCUT2D eigenvalue weighted by molar-refractivity contribution is 6.26. The quantitative estimate of drug-likeness (QED) is 0.183. The first-order valence-electron chi connectivity index (χ1n) is 10.3. The number of Topliss-reactive ketones (excluding diaryl/α,β-unsaturated/α-hetero) is 2. The molecule has 0 saturated heterocycles. The van der Waals surface area contributed by atoms with Crippen LogP contribution in [0.15, 0.2) is 83.5 Å². The molecular weight excluding hydrogens is 392 g/mol. The van der Waals surface area contributed by atoms with Crippen LogP contribution < -0.4 is 5.56 Å². The van der Waals surface area contributed by atoms with E-state index in [2.05, 4.69) is 4.98 Å². The Morgan fingerprint density at radius 3 is 2.32 bits per heavy atom. The topological polar surface area (TPSA) is 78.3 Å². The van der Waals surface area contributed by atoms with Crippen LogP contribution in [0.1, 0.15) is 30.1 Å². The van der Waals surface area contributed by atoms with E-state index in [1.54, 1.807) is 19.1 Å². The van der Waals surface area contributed by atoms with E-state index in [1.165, 1.54) is 17.0 Å². The van der Waals surface area contributed by atoms with E-state index < -0.39 is 11.3 Å². The van der Waals surface area contributed by atoms with Gasteiger partial charge >= 0.3 is 0 Å². The van der Waals surface area contributed by atoms with Crippen LogP contribution in [0.25, 0.3) is 17.1 Å². The predicted octanol–water partition coefficient (Wildman–Crippen LogP) is 3.98. The fraction of sp³-hybridized carbons (Fsp3) is 0.200. The minimum Gasteiger partial charge on any atom is -0.501 e. The Balaban J connectivity index is 1.87. The van der Waals surface area contributed by atoms with E-state index in [0.29, 0.717) is 18.1 Å². The van der Waals surface area contributed by atoms with E-state index >= 15 is 0 Å². The molecule has 1 heterocycles. The van der Waals surface area contributed by atoms with Gasteiger partial charge in [-0.2, -0.15) is 0 Å². The highest BCUT2D eigenvalue weighted by Gasteiger charge is 2.36. The number of carbonyl (C=O) groups is 2. The number of allylic oxidation sites excluding steroid dienone is 1. The maximum atomic E-state index is 13.5. The van der Waals surface area contributed by atoms with Crippen molar-refractivity contribution in [2.24, 2.45) is 5.92 Å². The summed E-state index contributed by atoms with van der Waals surface area (Å²) in [7, 11) is 0. The summed E-state index contributed by atoms with van der Waals surface area (Å²) in [6.45, 7) is 2.08. The lowest BCUT2D eigenvalue weighted by Crippen LogP contribution is -2.29. The van der Waals surface area contributed by atoms with Crippen molar-refractivity contribution in [1.82, 2.24) is 9.55 Å². The second-order valence-electron chi connectivity index (χ2n) is 7.29. The number of ketones is 2. The molecule has 6 heteroatoms. The number of para-hydroxylation sites is 1. The summed E-state index contributed by atoms with van der Waals surface area (Å²) in [5.74, 6) is -0.704. The number of nitrogens with zero attached hydrogens (tertiary/aromatic N) is 2. The standard InChI is InChI=1S/C25H22N2O4/c1-2-31-16-21(22(28)17-13-14-17)23(29)20-15-26-24(18-9-5-3-6-10-18)27(25(20)30)19-11-7-4-8-12-19/h3-12,15-17H,2,13-14H2,1H3/b21-16+. The SMILES string of the molecule is CCO/C=C(/C(=O)c1cnc(-c2ccccc2)n(-c2ccccc2)c1=O)C(=O)C1CC1. The fourth-order valence-corrected chi connectivity index (χ4v) is 3.32. The molecule has 31 heavy (non-hydrogen) atoms. The first kappa shape index (κ1) is 20.5. The second kappa shape index (κ2) is 8.92. The van der Waals surface area contributed by atoms with Gasteiger partial charge in [0.25, 0.3) is 5.56 Å².